The number of aryl methyl sites for hydroxylation is 2. The van der Waals surface area contributed by atoms with Crippen LogP contribution in [0, 0.1) is 11.6 Å². The fraction of sp³-hybridized carbons (Fsp3) is 0.429. The molecule has 2 aromatic heterocycles. The van der Waals surface area contributed by atoms with Crippen molar-refractivity contribution in [2.75, 3.05) is 5.32 Å². The summed E-state index contributed by atoms with van der Waals surface area (Å²) in [5.41, 5.74) is -0.646. The van der Waals surface area contributed by atoms with Gasteiger partial charge in [-0.15, -0.1) is 0 Å². The molecule has 0 aliphatic carbocycles. The number of carbonyl (C=O) groups excluding carboxylic acids is 1. The summed E-state index contributed by atoms with van der Waals surface area (Å²) in [4.78, 5) is 42.9. The molecule has 0 saturated heterocycles. The molecule has 0 saturated carbocycles. The Morgan fingerprint density at radius 1 is 1.03 bits per heavy atom. The molecule has 0 atom stereocenters. The number of nitrogens with one attached hydrogen (secondary N) is 1. The zero-order valence-corrected chi connectivity index (χ0v) is 17.5. The molecule has 1 amide bonds. The number of fused-ring (bicyclic) bond motifs is 1. The Bertz CT molecular complexity index is 1210. The van der Waals surface area contributed by atoms with Gasteiger partial charge in [0.05, 0.1) is 6.33 Å². The SMILES string of the molecule is CCCCn1cnc2c1c(=O)n(CC(=O)Nc1ccc(F)c(F)c1)c(=O)n2CCCC. The normalized spacial score (nSPS) is 11.2. The minimum absolute atomic E-state index is 0.0253. The van der Waals surface area contributed by atoms with Crippen LogP contribution in [0.2, 0.25) is 0 Å². The van der Waals surface area contributed by atoms with Crippen molar-refractivity contribution in [3.8, 4) is 0 Å². The zero-order chi connectivity index (χ0) is 22.5. The van der Waals surface area contributed by atoms with Crippen LogP contribution < -0.4 is 16.6 Å². The Morgan fingerprint density at radius 2 is 1.74 bits per heavy atom. The first-order valence-corrected chi connectivity index (χ1v) is 10.3. The van der Waals surface area contributed by atoms with Gasteiger partial charge in [0.15, 0.2) is 22.8 Å². The van der Waals surface area contributed by atoms with Crippen LogP contribution in [-0.4, -0.2) is 24.6 Å². The van der Waals surface area contributed by atoms with E-state index in [4.69, 9.17) is 0 Å². The number of amides is 1. The van der Waals surface area contributed by atoms with E-state index in [1.807, 2.05) is 13.8 Å². The van der Waals surface area contributed by atoms with Crippen molar-refractivity contribution in [2.45, 2.75) is 59.2 Å². The molecular weight excluding hydrogens is 408 g/mol. The molecule has 2 heterocycles. The van der Waals surface area contributed by atoms with Crippen molar-refractivity contribution in [2.24, 2.45) is 0 Å². The summed E-state index contributed by atoms with van der Waals surface area (Å²) < 4.78 is 30.5. The van der Waals surface area contributed by atoms with Crippen LogP contribution in [0.25, 0.3) is 11.2 Å². The quantitative estimate of drug-likeness (QED) is 0.562. The minimum Gasteiger partial charge on any atom is -0.325 e. The summed E-state index contributed by atoms with van der Waals surface area (Å²) >= 11 is 0. The molecule has 0 fully saturated rings. The highest BCUT2D eigenvalue weighted by atomic mass is 19.2. The van der Waals surface area contributed by atoms with Gasteiger partial charge in [-0.2, -0.15) is 0 Å². The molecule has 0 spiro atoms. The van der Waals surface area contributed by atoms with Crippen LogP contribution in [0.15, 0.2) is 34.1 Å². The van der Waals surface area contributed by atoms with E-state index in [-0.39, 0.29) is 11.2 Å². The summed E-state index contributed by atoms with van der Waals surface area (Å²) in [7, 11) is 0. The second kappa shape index (κ2) is 9.67. The Kier molecular flexibility index (Phi) is 6.98. The van der Waals surface area contributed by atoms with E-state index in [0.29, 0.717) is 25.2 Å². The topological polar surface area (TPSA) is 90.9 Å². The largest absolute Gasteiger partial charge is 0.333 e. The Labute approximate surface area is 177 Å². The third-order valence-electron chi connectivity index (χ3n) is 4.98. The number of unbranched alkanes of at least 4 members (excludes halogenated alkanes) is 2. The van der Waals surface area contributed by atoms with Crippen LogP contribution in [0.3, 0.4) is 0 Å². The fourth-order valence-corrected chi connectivity index (χ4v) is 3.31. The second-order valence-corrected chi connectivity index (χ2v) is 7.32. The van der Waals surface area contributed by atoms with Gasteiger partial charge in [0.25, 0.3) is 5.56 Å². The predicted octanol–water partition coefficient (Wildman–Crippen LogP) is 2.88. The molecule has 0 aliphatic heterocycles. The van der Waals surface area contributed by atoms with E-state index in [0.717, 1.165) is 36.0 Å². The molecule has 8 nitrogen and oxygen atoms in total. The molecule has 3 rings (SSSR count). The smallest absolute Gasteiger partial charge is 0.325 e. The van der Waals surface area contributed by atoms with E-state index in [1.54, 1.807) is 4.57 Å². The summed E-state index contributed by atoms with van der Waals surface area (Å²) in [6.07, 6.45) is 4.82. The highest BCUT2D eigenvalue weighted by Crippen LogP contribution is 2.13. The lowest BCUT2D eigenvalue weighted by molar-refractivity contribution is -0.116. The molecule has 3 aromatic rings. The van der Waals surface area contributed by atoms with Gasteiger partial charge >= 0.3 is 5.69 Å². The molecule has 0 bridgehead atoms. The maximum absolute atomic E-state index is 13.4. The Morgan fingerprint density at radius 3 is 2.42 bits per heavy atom. The van der Waals surface area contributed by atoms with Gasteiger partial charge in [-0.1, -0.05) is 26.7 Å². The second-order valence-electron chi connectivity index (χ2n) is 7.32. The van der Waals surface area contributed by atoms with Gasteiger partial charge in [-0.25, -0.2) is 23.1 Å². The summed E-state index contributed by atoms with van der Waals surface area (Å²) in [5.74, 6) is -2.86. The van der Waals surface area contributed by atoms with Crippen molar-refractivity contribution in [3.63, 3.8) is 0 Å². The third kappa shape index (κ3) is 4.73. The van der Waals surface area contributed by atoms with E-state index < -0.39 is 35.3 Å². The van der Waals surface area contributed by atoms with Crippen LogP contribution in [-0.2, 0) is 24.4 Å². The summed E-state index contributed by atoms with van der Waals surface area (Å²) in [6, 6.07) is 2.91. The van der Waals surface area contributed by atoms with Crippen LogP contribution in [0.4, 0.5) is 14.5 Å². The molecule has 0 radical (unpaired) electrons. The van der Waals surface area contributed by atoms with Crippen molar-refractivity contribution in [1.29, 1.82) is 0 Å². The van der Waals surface area contributed by atoms with Crippen LogP contribution in [0.1, 0.15) is 39.5 Å². The van der Waals surface area contributed by atoms with Gasteiger partial charge in [-0.05, 0) is 25.0 Å². The van der Waals surface area contributed by atoms with E-state index in [2.05, 4.69) is 10.3 Å². The molecule has 166 valence electrons. The molecule has 0 unspecified atom stereocenters. The first-order valence-electron chi connectivity index (χ1n) is 10.3. The highest BCUT2D eigenvalue weighted by molar-refractivity contribution is 5.90. The number of hydrogen-bond acceptors (Lipinski definition) is 4. The van der Waals surface area contributed by atoms with E-state index >= 15 is 0 Å². The Hall–Kier alpha value is -3.30. The number of benzene rings is 1. The number of carbonyl (C=O) groups is 1. The maximum Gasteiger partial charge on any atom is 0.333 e. The molecular formula is C21H25F2N5O3. The van der Waals surface area contributed by atoms with Crippen LogP contribution in [0.5, 0.6) is 0 Å². The van der Waals surface area contributed by atoms with Crippen molar-refractivity contribution < 1.29 is 13.6 Å². The van der Waals surface area contributed by atoms with Gasteiger partial charge in [-0.3, -0.25) is 14.2 Å². The lowest BCUT2D eigenvalue weighted by Crippen LogP contribution is -2.43. The van der Waals surface area contributed by atoms with Crippen molar-refractivity contribution >= 4 is 22.8 Å². The predicted molar refractivity (Wildman–Crippen MR) is 113 cm³/mol. The fourth-order valence-electron chi connectivity index (χ4n) is 3.31. The molecule has 10 heteroatoms. The number of halogens is 2. The lowest BCUT2D eigenvalue weighted by Gasteiger charge is -2.12. The monoisotopic (exact) mass is 433 g/mol. The summed E-state index contributed by atoms with van der Waals surface area (Å²) in [5, 5.41) is 2.39. The number of aromatic nitrogens is 4. The molecule has 1 aromatic carbocycles. The average Bonchev–Trinajstić information content (AvgIpc) is 3.16. The number of rotatable bonds is 9. The number of nitrogens with zero attached hydrogens (tertiary/aromatic N) is 4. The van der Waals surface area contributed by atoms with Gasteiger partial charge < -0.3 is 9.88 Å². The van der Waals surface area contributed by atoms with Crippen molar-refractivity contribution in [1.82, 2.24) is 18.7 Å². The van der Waals surface area contributed by atoms with Crippen molar-refractivity contribution in [3.05, 3.63) is 57.0 Å². The zero-order valence-electron chi connectivity index (χ0n) is 17.5. The summed E-state index contributed by atoms with van der Waals surface area (Å²) in [6.45, 7) is 4.37. The molecule has 31 heavy (non-hydrogen) atoms. The van der Waals surface area contributed by atoms with Crippen LogP contribution >= 0.6 is 0 Å². The average molecular weight is 433 g/mol. The van der Waals surface area contributed by atoms with Gasteiger partial charge in [0.1, 0.15) is 6.54 Å². The highest BCUT2D eigenvalue weighted by Gasteiger charge is 2.19. The maximum atomic E-state index is 13.4. The van der Waals surface area contributed by atoms with E-state index in [1.165, 1.54) is 17.0 Å². The standard InChI is InChI=1S/C21H25F2N5O3/c1-3-5-9-26-13-24-19-18(26)20(30)28(21(31)27(19)10-6-4-2)12-17(29)25-14-7-8-15(22)16(23)11-14/h7-8,11,13H,3-6,9-10,12H2,1-2H3,(H,25,29). The lowest BCUT2D eigenvalue weighted by atomic mass is 10.3. The first-order chi connectivity index (χ1) is 14.9. The number of hydrogen-bond donors (Lipinski definition) is 1. The number of anilines is 1. The Balaban J connectivity index is 2.01. The van der Waals surface area contributed by atoms with E-state index in [9.17, 15) is 23.2 Å². The molecule has 0 aliphatic rings. The first kappa shape index (κ1) is 22.4. The van der Waals surface area contributed by atoms with Gasteiger partial charge in [0.2, 0.25) is 5.91 Å². The number of imidazole rings is 1. The minimum atomic E-state index is -1.11. The van der Waals surface area contributed by atoms with Gasteiger partial charge in [0, 0.05) is 24.8 Å². The molecule has 1 N–H and O–H groups in total. The third-order valence-corrected chi connectivity index (χ3v) is 4.98.